The molecule has 0 saturated heterocycles. The molecule has 4 nitrogen and oxygen atoms in total. The molecule has 0 spiro atoms. The zero-order chi connectivity index (χ0) is 25.4. The van der Waals surface area contributed by atoms with Crippen LogP contribution in [0.25, 0.3) is 0 Å². The van der Waals surface area contributed by atoms with Crippen LogP contribution < -0.4 is 20.9 Å². The lowest BCUT2D eigenvalue weighted by atomic mass is 9.72. The Bertz CT molecular complexity index is 1160. The third-order valence-corrected chi connectivity index (χ3v) is 6.81. The van der Waals surface area contributed by atoms with Gasteiger partial charge in [0, 0.05) is 5.41 Å². The fraction of sp³-hybridized carbons (Fsp3) is 0.250. The highest BCUT2D eigenvalue weighted by molar-refractivity contribution is 5.55. The molecule has 4 aromatic rings. The van der Waals surface area contributed by atoms with Gasteiger partial charge in [-0.2, -0.15) is 0 Å². The number of ether oxygens (including phenoxy) is 2. The van der Waals surface area contributed by atoms with E-state index in [1.807, 2.05) is 72.8 Å². The first kappa shape index (κ1) is 25.2. The van der Waals surface area contributed by atoms with Crippen LogP contribution in [0.2, 0.25) is 0 Å². The quantitative estimate of drug-likeness (QED) is 0.166. The Balaban J connectivity index is 1.57. The van der Waals surface area contributed by atoms with Gasteiger partial charge in [-0.25, -0.2) is 0 Å². The molecule has 0 aromatic heterocycles. The summed E-state index contributed by atoms with van der Waals surface area (Å²) in [4.78, 5) is 0. The van der Waals surface area contributed by atoms with Gasteiger partial charge in [0.05, 0.1) is 11.4 Å². The van der Waals surface area contributed by atoms with Crippen LogP contribution in [0.15, 0.2) is 97.1 Å². The number of benzene rings is 4. The lowest BCUT2D eigenvalue weighted by Crippen LogP contribution is -2.23. The van der Waals surface area contributed by atoms with Crippen molar-refractivity contribution in [3.8, 4) is 23.0 Å². The van der Waals surface area contributed by atoms with Crippen LogP contribution in [0, 0.1) is 0 Å². The van der Waals surface area contributed by atoms with Crippen LogP contribution in [0.4, 0.5) is 11.4 Å². The van der Waals surface area contributed by atoms with E-state index in [1.54, 1.807) is 0 Å². The minimum Gasteiger partial charge on any atom is -0.455 e. The molecule has 0 aliphatic carbocycles. The summed E-state index contributed by atoms with van der Waals surface area (Å²) in [6, 6.07) is 31.9. The highest BCUT2D eigenvalue weighted by atomic mass is 16.5. The van der Waals surface area contributed by atoms with Crippen molar-refractivity contribution >= 4 is 11.4 Å². The lowest BCUT2D eigenvalue weighted by molar-refractivity contribution is 0.467. The molecule has 36 heavy (non-hydrogen) atoms. The third-order valence-electron chi connectivity index (χ3n) is 6.81. The average Bonchev–Trinajstić information content (AvgIpc) is 2.90. The van der Waals surface area contributed by atoms with Crippen molar-refractivity contribution < 1.29 is 9.47 Å². The van der Waals surface area contributed by atoms with Gasteiger partial charge >= 0.3 is 0 Å². The van der Waals surface area contributed by atoms with E-state index in [1.165, 1.54) is 36.8 Å². The zero-order valence-electron chi connectivity index (χ0n) is 21.2. The second-order valence-electron chi connectivity index (χ2n) is 9.47. The second-order valence-corrected chi connectivity index (χ2v) is 9.47. The summed E-state index contributed by atoms with van der Waals surface area (Å²) in [6.45, 7) is 4.57. The van der Waals surface area contributed by atoms with E-state index in [2.05, 4.69) is 38.1 Å². The second kappa shape index (κ2) is 11.7. The summed E-state index contributed by atoms with van der Waals surface area (Å²) in [5.41, 5.74) is 15.7. The Hall–Kier alpha value is -3.92. The van der Waals surface area contributed by atoms with E-state index < -0.39 is 0 Å². The summed E-state index contributed by atoms with van der Waals surface area (Å²) in [7, 11) is 0. The van der Waals surface area contributed by atoms with Gasteiger partial charge in [-0.3, -0.25) is 0 Å². The standard InChI is InChI=1S/C32H36N2O2/c1-3-4-5-10-23-32(2,24-15-19-26(20-16-24)35-30-13-8-6-11-28(30)33)25-17-21-27(22-18-25)36-31-14-9-7-12-29(31)34/h6-9,11-22H,3-5,10,23,33-34H2,1-2H3. The SMILES string of the molecule is CCCCCCC(C)(c1ccc(Oc2ccccc2N)cc1)c1ccc(Oc2ccccc2N)cc1. The Morgan fingerprint density at radius 2 is 1.03 bits per heavy atom. The van der Waals surface area contributed by atoms with Crippen molar-refractivity contribution in [2.45, 2.75) is 51.4 Å². The van der Waals surface area contributed by atoms with Crippen LogP contribution in [0.5, 0.6) is 23.0 Å². The molecule has 0 saturated carbocycles. The van der Waals surface area contributed by atoms with E-state index in [-0.39, 0.29) is 5.41 Å². The largest absolute Gasteiger partial charge is 0.455 e. The van der Waals surface area contributed by atoms with Gasteiger partial charge in [0.2, 0.25) is 0 Å². The topological polar surface area (TPSA) is 70.5 Å². The van der Waals surface area contributed by atoms with E-state index >= 15 is 0 Å². The van der Waals surface area contributed by atoms with Gasteiger partial charge in [0.15, 0.2) is 0 Å². The molecule has 186 valence electrons. The molecule has 4 N–H and O–H groups in total. The number of rotatable bonds is 11. The van der Waals surface area contributed by atoms with Gasteiger partial charge < -0.3 is 20.9 Å². The Morgan fingerprint density at radius 1 is 0.583 bits per heavy atom. The number of anilines is 2. The molecule has 0 aliphatic heterocycles. The summed E-state index contributed by atoms with van der Waals surface area (Å²) in [5, 5.41) is 0. The maximum Gasteiger partial charge on any atom is 0.150 e. The summed E-state index contributed by atoms with van der Waals surface area (Å²) in [6.07, 6.45) is 5.94. The number of para-hydroxylation sites is 4. The van der Waals surface area contributed by atoms with Crippen LogP contribution in [0.3, 0.4) is 0 Å². The lowest BCUT2D eigenvalue weighted by Gasteiger charge is -2.31. The first-order valence-corrected chi connectivity index (χ1v) is 12.8. The zero-order valence-corrected chi connectivity index (χ0v) is 21.2. The summed E-state index contributed by atoms with van der Waals surface area (Å²) in [5.74, 6) is 2.88. The fourth-order valence-corrected chi connectivity index (χ4v) is 4.54. The van der Waals surface area contributed by atoms with Crippen LogP contribution >= 0.6 is 0 Å². The summed E-state index contributed by atoms with van der Waals surface area (Å²) >= 11 is 0. The highest BCUT2D eigenvalue weighted by Gasteiger charge is 2.28. The van der Waals surface area contributed by atoms with Crippen molar-refractivity contribution in [1.29, 1.82) is 0 Å². The molecular formula is C32H36N2O2. The van der Waals surface area contributed by atoms with Crippen LogP contribution in [-0.2, 0) is 5.41 Å². The molecule has 4 aromatic carbocycles. The van der Waals surface area contributed by atoms with Gasteiger partial charge in [0.25, 0.3) is 0 Å². The fourth-order valence-electron chi connectivity index (χ4n) is 4.54. The molecule has 4 rings (SSSR count). The molecule has 4 heteroatoms. The Kier molecular flexibility index (Phi) is 8.17. The Morgan fingerprint density at radius 3 is 1.44 bits per heavy atom. The third kappa shape index (κ3) is 6.01. The van der Waals surface area contributed by atoms with Crippen LogP contribution in [-0.4, -0.2) is 0 Å². The van der Waals surface area contributed by atoms with E-state index in [0.717, 1.165) is 17.9 Å². The maximum atomic E-state index is 6.05. The van der Waals surface area contributed by atoms with Crippen LogP contribution in [0.1, 0.15) is 57.1 Å². The molecular weight excluding hydrogens is 444 g/mol. The predicted molar refractivity (Wildman–Crippen MR) is 150 cm³/mol. The normalized spacial score (nSPS) is 11.3. The molecule has 0 bridgehead atoms. The van der Waals surface area contributed by atoms with E-state index in [4.69, 9.17) is 20.9 Å². The van der Waals surface area contributed by atoms with Gasteiger partial charge in [0.1, 0.15) is 23.0 Å². The number of hydrogen-bond acceptors (Lipinski definition) is 4. The Labute approximate surface area is 214 Å². The van der Waals surface area contributed by atoms with Crippen molar-refractivity contribution in [2.75, 3.05) is 11.5 Å². The molecule has 0 heterocycles. The summed E-state index contributed by atoms with van der Waals surface area (Å²) < 4.78 is 12.1. The van der Waals surface area contributed by atoms with Crippen molar-refractivity contribution in [3.05, 3.63) is 108 Å². The van der Waals surface area contributed by atoms with Gasteiger partial charge in [-0.05, 0) is 66.1 Å². The van der Waals surface area contributed by atoms with E-state index in [9.17, 15) is 0 Å². The minimum atomic E-state index is -0.137. The number of unbranched alkanes of at least 4 members (excludes halogenated alkanes) is 3. The number of nitrogen functional groups attached to an aromatic ring is 2. The molecule has 0 amide bonds. The monoisotopic (exact) mass is 480 g/mol. The van der Waals surface area contributed by atoms with Gasteiger partial charge in [-0.1, -0.05) is 88.1 Å². The molecule has 0 aliphatic rings. The van der Waals surface area contributed by atoms with Crippen molar-refractivity contribution in [2.24, 2.45) is 0 Å². The average molecular weight is 481 g/mol. The molecule has 0 atom stereocenters. The van der Waals surface area contributed by atoms with Crippen molar-refractivity contribution in [3.63, 3.8) is 0 Å². The number of hydrogen-bond donors (Lipinski definition) is 2. The molecule has 0 radical (unpaired) electrons. The van der Waals surface area contributed by atoms with Crippen molar-refractivity contribution in [1.82, 2.24) is 0 Å². The molecule has 0 unspecified atom stereocenters. The van der Waals surface area contributed by atoms with Gasteiger partial charge in [-0.15, -0.1) is 0 Å². The highest BCUT2D eigenvalue weighted by Crippen LogP contribution is 2.39. The number of nitrogens with two attached hydrogens (primary N) is 2. The van der Waals surface area contributed by atoms with E-state index in [0.29, 0.717) is 22.9 Å². The first-order chi connectivity index (χ1) is 17.5. The smallest absolute Gasteiger partial charge is 0.150 e. The maximum absolute atomic E-state index is 6.05. The first-order valence-electron chi connectivity index (χ1n) is 12.8. The molecule has 0 fully saturated rings. The minimum absolute atomic E-state index is 0.137. The predicted octanol–water partition coefficient (Wildman–Crippen LogP) is 8.71.